The average molecular weight is 397 g/mol. The smallest absolute Gasteiger partial charge is 0.322 e. The SMILES string of the molecule is CC(NC(=O)C(N)Cc1cnc[nH]1)C(=O)NC(CC(N)=O)C(=O)NCC(=O)O. The minimum atomic E-state index is -1.39. The number of hydrogen-bond donors (Lipinski definition) is 7. The number of aromatic nitrogens is 2. The van der Waals surface area contributed by atoms with Crippen LogP contribution in [0.5, 0.6) is 0 Å². The van der Waals surface area contributed by atoms with Crippen molar-refractivity contribution in [2.75, 3.05) is 6.54 Å². The maximum Gasteiger partial charge on any atom is 0.322 e. The van der Waals surface area contributed by atoms with Gasteiger partial charge in [-0.15, -0.1) is 0 Å². The molecule has 0 saturated heterocycles. The van der Waals surface area contributed by atoms with E-state index in [-0.39, 0.29) is 6.42 Å². The number of rotatable bonds is 11. The summed E-state index contributed by atoms with van der Waals surface area (Å²) < 4.78 is 0. The second-order valence-corrected chi connectivity index (χ2v) is 5.96. The summed E-state index contributed by atoms with van der Waals surface area (Å²) in [6.45, 7) is 0.658. The van der Waals surface area contributed by atoms with Crippen LogP contribution >= 0.6 is 0 Å². The van der Waals surface area contributed by atoms with Gasteiger partial charge < -0.3 is 37.5 Å². The van der Waals surface area contributed by atoms with Crippen molar-refractivity contribution in [1.29, 1.82) is 0 Å². The fourth-order valence-corrected chi connectivity index (χ4v) is 2.11. The fourth-order valence-electron chi connectivity index (χ4n) is 2.11. The van der Waals surface area contributed by atoms with E-state index < -0.39 is 60.7 Å². The zero-order chi connectivity index (χ0) is 21.3. The van der Waals surface area contributed by atoms with Crippen molar-refractivity contribution in [3.05, 3.63) is 18.2 Å². The van der Waals surface area contributed by atoms with Gasteiger partial charge in [-0.1, -0.05) is 0 Å². The van der Waals surface area contributed by atoms with Crippen molar-refractivity contribution >= 4 is 29.6 Å². The third-order valence-corrected chi connectivity index (χ3v) is 3.54. The number of carbonyl (C=O) groups excluding carboxylic acids is 4. The third kappa shape index (κ3) is 7.82. The lowest BCUT2D eigenvalue weighted by molar-refractivity contribution is -0.138. The number of carboxylic acids is 1. The lowest BCUT2D eigenvalue weighted by Gasteiger charge is -2.21. The zero-order valence-electron chi connectivity index (χ0n) is 15.1. The Kier molecular flexibility index (Phi) is 8.55. The predicted octanol–water partition coefficient (Wildman–Crippen LogP) is -3.65. The van der Waals surface area contributed by atoms with Crippen molar-refractivity contribution < 1.29 is 29.1 Å². The van der Waals surface area contributed by atoms with Crippen molar-refractivity contribution in [2.24, 2.45) is 11.5 Å². The summed E-state index contributed by atoms with van der Waals surface area (Å²) in [5.74, 6) is -4.47. The summed E-state index contributed by atoms with van der Waals surface area (Å²) in [5, 5.41) is 15.3. The highest BCUT2D eigenvalue weighted by Gasteiger charge is 2.27. The molecule has 0 spiro atoms. The van der Waals surface area contributed by atoms with E-state index in [0.29, 0.717) is 5.69 Å². The Morgan fingerprint density at radius 1 is 1.18 bits per heavy atom. The number of carbonyl (C=O) groups is 5. The largest absolute Gasteiger partial charge is 0.480 e. The zero-order valence-corrected chi connectivity index (χ0v) is 15.1. The molecule has 28 heavy (non-hydrogen) atoms. The van der Waals surface area contributed by atoms with Crippen molar-refractivity contribution in [1.82, 2.24) is 25.9 Å². The molecule has 3 unspecified atom stereocenters. The van der Waals surface area contributed by atoms with Crippen LogP contribution in [0, 0.1) is 0 Å². The minimum absolute atomic E-state index is 0.169. The van der Waals surface area contributed by atoms with Crippen LogP contribution in [0.25, 0.3) is 0 Å². The second-order valence-electron chi connectivity index (χ2n) is 5.96. The van der Waals surface area contributed by atoms with E-state index in [9.17, 15) is 24.0 Å². The topological polar surface area (TPSA) is 222 Å². The van der Waals surface area contributed by atoms with Crippen molar-refractivity contribution in [3.63, 3.8) is 0 Å². The molecule has 0 aliphatic carbocycles. The van der Waals surface area contributed by atoms with Crippen LogP contribution in [0.4, 0.5) is 0 Å². The van der Waals surface area contributed by atoms with Gasteiger partial charge in [-0.25, -0.2) is 4.98 Å². The van der Waals surface area contributed by atoms with Crippen molar-refractivity contribution in [2.45, 2.75) is 37.9 Å². The highest BCUT2D eigenvalue weighted by atomic mass is 16.4. The Morgan fingerprint density at radius 3 is 2.39 bits per heavy atom. The van der Waals surface area contributed by atoms with Gasteiger partial charge in [0.25, 0.3) is 0 Å². The van der Waals surface area contributed by atoms with Gasteiger partial charge in [-0.3, -0.25) is 24.0 Å². The molecule has 0 aliphatic heterocycles. The van der Waals surface area contributed by atoms with E-state index in [1.807, 2.05) is 5.32 Å². The molecule has 1 heterocycles. The quantitative estimate of drug-likeness (QED) is 0.197. The number of nitrogens with zero attached hydrogens (tertiary/aromatic N) is 1. The van der Waals surface area contributed by atoms with E-state index >= 15 is 0 Å². The molecule has 0 bridgehead atoms. The van der Waals surface area contributed by atoms with Crippen LogP contribution < -0.4 is 27.4 Å². The van der Waals surface area contributed by atoms with Crippen LogP contribution in [-0.2, 0) is 30.4 Å². The lowest BCUT2D eigenvalue weighted by atomic mass is 10.1. The van der Waals surface area contributed by atoms with Crippen LogP contribution in [-0.4, -0.2) is 69.3 Å². The van der Waals surface area contributed by atoms with Gasteiger partial charge in [0.15, 0.2) is 0 Å². The van der Waals surface area contributed by atoms with E-state index in [1.54, 1.807) is 0 Å². The molecule has 1 aromatic rings. The molecule has 3 atom stereocenters. The molecule has 13 heteroatoms. The van der Waals surface area contributed by atoms with Gasteiger partial charge in [-0.05, 0) is 6.92 Å². The second kappa shape index (κ2) is 10.6. The van der Waals surface area contributed by atoms with Crippen molar-refractivity contribution in [3.8, 4) is 0 Å². The predicted molar refractivity (Wildman–Crippen MR) is 94.3 cm³/mol. The summed E-state index contributed by atoms with van der Waals surface area (Å²) in [6.07, 6.45) is 2.57. The molecule has 1 aromatic heterocycles. The van der Waals surface area contributed by atoms with Crippen LogP contribution in [0.1, 0.15) is 19.0 Å². The fraction of sp³-hybridized carbons (Fsp3) is 0.467. The maximum atomic E-state index is 12.2. The van der Waals surface area contributed by atoms with Gasteiger partial charge in [0.1, 0.15) is 18.6 Å². The monoisotopic (exact) mass is 397 g/mol. The van der Waals surface area contributed by atoms with Gasteiger partial charge >= 0.3 is 5.97 Å². The summed E-state index contributed by atoms with van der Waals surface area (Å²) in [6, 6.07) is -3.42. The highest BCUT2D eigenvalue weighted by molar-refractivity contribution is 5.95. The third-order valence-electron chi connectivity index (χ3n) is 3.54. The van der Waals surface area contributed by atoms with E-state index in [2.05, 4.69) is 20.6 Å². The average Bonchev–Trinajstić information content (AvgIpc) is 3.11. The molecule has 0 radical (unpaired) electrons. The molecule has 0 aromatic carbocycles. The lowest BCUT2D eigenvalue weighted by Crippen LogP contribution is -2.56. The first-order chi connectivity index (χ1) is 13.1. The maximum absolute atomic E-state index is 12.2. The summed E-state index contributed by atoms with van der Waals surface area (Å²) >= 11 is 0. The molecule has 0 fully saturated rings. The first-order valence-corrected chi connectivity index (χ1v) is 8.21. The minimum Gasteiger partial charge on any atom is -0.480 e. The first-order valence-electron chi connectivity index (χ1n) is 8.21. The molecule has 9 N–H and O–H groups in total. The Bertz CT molecular complexity index is 720. The summed E-state index contributed by atoms with van der Waals surface area (Å²) in [4.78, 5) is 64.5. The number of amides is 4. The highest BCUT2D eigenvalue weighted by Crippen LogP contribution is 1.98. The number of nitrogens with two attached hydrogens (primary N) is 2. The van der Waals surface area contributed by atoms with Gasteiger partial charge in [-0.2, -0.15) is 0 Å². The molecule has 0 aliphatic rings. The number of carboxylic acid groups (broad SMARTS) is 1. The van der Waals surface area contributed by atoms with E-state index in [4.69, 9.17) is 16.6 Å². The Balaban J connectivity index is 2.62. The van der Waals surface area contributed by atoms with Crippen LogP contribution in [0.2, 0.25) is 0 Å². The molecule has 0 saturated carbocycles. The molecule has 154 valence electrons. The Hall–Kier alpha value is -3.48. The normalized spacial score (nSPS) is 13.6. The Labute approximate surface area is 159 Å². The Morgan fingerprint density at radius 2 is 1.86 bits per heavy atom. The number of aliphatic carboxylic acids is 1. The summed E-state index contributed by atoms with van der Waals surface area (Å²) in [5.41, 5.74) is 11.4. The molecule has 1 rings (SSSR count). The number of aromatic amines is 1. The number of H-pyrrole nitrogens is 1. The first kappa shape index (κ1) is 22.6. The van der Waals surface area contributed by atoms with Crippen LogP contribution in [0.3, 0.4) is 0 Å². The van der Waals surface area contributed by atoms with E-state index in [1.165, 1.54) is 19.4 Å². The number of hydrogen-bond acceptors (Lipinski definition) is 7. The molecule has 13 nitrogen and oxygen atoms in total. The van der Waals surface area contributed by atoms with Gasteiger partial charge in [0.05, 0.1) is 18.8 Å². The van der Waals surface area contributed by atoms with E-state index in [0.717, 1.165) is 0 Å². The van der Waals surface area contributed by atoms with Crippen LogP contribution in [0.15, 0.2) is 12.5 Å². The molecular weight excluding hydrogens is 374 g/mol. The number of primary amides is 1. The molecular formula is C15H23N7O6. The number of imidazole rings is 1. The van der Waals surface area contributed by atoms with Gasteiger partial charge in [0, 0.05) is 18.3 Å². The molecule has 4 amide bonds. The standard InChI is InChI=1S/C15H23N7O6/c1-7(21-14(27)9(16)2-8-4-18-6-20-8)13(26)22-10(3-11(17)23)15(28)19-5-12(24)25/h4,6-7,9-10H,2-3,5,16H2,1H3,(H2,17,23)(H,18,20)(H,19,28)(H,21,27)(H,22,26)(H,24,25). The van der Waals surface area contributed by atoms with Gasteiger partial charge in [0.2, 0.25) is 23.6 Å². The number of nitrogens with one attached hydrogen (secondary N) is 4. The summed E-state index contributed by atoms with van der Waals surface area (Å²) in [7, 11) is 0.